The molecule has 1 aromatic carbocycles. The largest absolute Gasteiger partial charge is 0.508 e. The van der Waals surface area contributed by atoms with Crippen molar-refractivity contribution in [2.75, 3.05) is 25.6 Å². The van der Waals surface area contributed by atoms with Gasteiger partial charge in [0.2, 0.25) is 0 Å². The number of ether oxygens (including phenoxy) is 1. The summed E-state index contributed by atoms with van der Waals surface area (Å²) in [5.41, 5.74) is -0.0112. The third-order valence-corrected chi connectivity index (χ3v) is 3.50. The molecule has 20 heavy (non-hydrogen) atoms. The lowest BCUT2D eigenvalue weighted by Gasteiger charge is -2.32. The number of alkyl halides is 1. The van der Waals surface area contributed by atoms with Crippen molar-refractivity contribution >= 4 is 17.5 Å². The van der Waals surface area contributed by atoms with Crippen LogP contribution in [0.15, 0.2) is 18.2 Å². The van der Waals surface area contributed by atoms with E-state index in [0.29, 0.717) is 25.6 Å². The molecule has 0 atom stereocenters. The summed E-state index contributed by atoms with van der Waals surface area (Å²) in [5.74, 6) is -0.779. The van der Waals surface area contributed by atoms with Crippen molar-refractivity contribution in [3.8, 4) is 5.75 Å². The Morgan fingerprint density at radius 2 is 2.15 bits per heavy atom. The number of phenols is 1. The minimum absolute atomic E-state index is 0.0112. The Labute approximate surface area is 122 Å². The van der Waals surface area contributed by atoms with Crippen LogP contribution in [0.1, 0.15) is 23.2 Å². The smallest absolute Gasteiger partial charge is 0.256 e. The number of rotatable bonds is 4. The topological polar surface area (TPSA) is 49.8 Å². The number of likely N-dealkylation sites (tertiary alicyclic amines) is 1. The third kappa shape index (κ3) is 3.61. The number of nitrogens with zero attached hydrogens (tertiary/aromatic N) is 1. The molecule has 0 aromatic heterocycles. The lowest BCUT2D eigenvalue weighted by atomic mass is 10.1. The van der Waals surface area contributed by atoms with Crippen LogP contribution in [0, 0.1) is 5.82 Å². The summed E-state index contributed by atoms with van der Waals surface area (Å²) in [6.07, 6.45) is 1.56. The van der Waals surface area contributed by atoms with Gasteiger partial charge in [0.1, 0.15) is 11.6 Å². The van der Waals surface area contributed by atoms with E-state index < -0.39 is 5.82 Å². The molecule has 0 radical (unpaired) electrons. The van der Waals surface area contributed by atoms with Crippen LogP contribution in [-0.4, -0.2) is 47.6 Å². The summed E-state index contributed by atoms with van der Waals surface area (Å²) in [4.78, 5) is 13.8. The molecule has 2 rings (SSSR count). The highest BCUT2D eigenvalue weighted by Gasteiger charge is 2.25. The maximum atomic E-state index is 13.7. The van der Waals surface area contributed by atoms with Crippen LogP contribution in [0.5, 0.6) is 5.75 Å². The minimum Gasteiger partial charge on any atom is -0.508 e. The number of piperidine rings is 1. The van der Waals surface area contributed by atoms with Gasteiger partial charge < -0.3 is 14.7 Å². The van der Waals surface area contributed by atoms with Gasteiger partial charge in [-0.05, 0) is 25.0 Å². The van der Waals surface area contributed by atoms with Crippen LogP contribution >= 0.6 is 11.6 Å². The first-order chi connectivity index (χ1) is 9.61. The van der Waals surface area contributed by atoms with Gasteiger partial charge in [-0.15, -0.1) is 11.6 Å². The van der Waals surface area contributed by atoms with E-state index in [4.69, 9.17) is 21.4 Å². The second-order valence-electron chi connectivity index (χ2n) is 4.72. The number of hydrogen-bond donors (Lipinski definition) is 1. The first-order valence-corrected chi connectivity index (χ1v) is 7.10. The van der Waals surface area contributed by atoms with Crippen LogP contribution in [-0.2, 0) is 4.74 Å². The Hall–Kier alpha value is -1.33. The second kappa shape index (κ2) is 6.90. The van der Waals surface area contributed by atoms with E-state index in [2.05, 4.69) is 0 Å². The van der Waals surface area contributed by atoms with E-state index in [1.165, 1.54) is 12.1 Å². The molecule has 0 saturated carbocycles. The number of hydrogen-bond acceptors (Lipinski definition) is 3. The molecule has 6 heteroatoms. The quantitative estimate of drug-likeness (QED) is 0.869. The van der Waals surface area contributed by atoms with Crippen molar-refractivity contribution in [2.24, 2.45) is 0 Å². The number of carbonyl (C=O) groups excluding carboxylic acids is 1. The molecule has 0 aliphatic carbocycles. The van der Waals surface area contributed by atoms with Gasteiger partial charge in [-0.2, -0.15) is 0 Å². The van der Waals surface area contributed by atoms with E-state index in [1.54, 1.807) is 4.90 Å². The summed E-state index contributed by atoms with van der Waals surface area (Å²) < 4.78 is 19.2. The van der Waals surface area contributed by atoms with Gasteiger partial charge in [0.25, 0.3) is 5.91 Å². The fourth-order valence-electron chi connectivity index (χ4n) is 2.28. The molecule has 1 fully saturated rings. The average Bonchev–Trinajstić information content (AvgIpc) is 2.45. The van der Waals surface area contributed by atoms with E-state index in [0.717, 1.165) is 18.9 Å². The normalized spacial score (nSPS) is 16.4. The van der Waals surface area contributed by atoms with E-state index >= 15 is 0 Å². The number of benzene rings is 1. The van der Waals surface area contributed by atoms with E-state index in [-0.39, 0.29) is 23.3 Å². The Bertz CT molecular complexity index is 475. The second-order valence-corrected chi connectivity index (χ2v) is 5.09. The van der Waals surface area contributed by atoms with Crippen molar-refractivity contribution < 1.29 is 19.0 Å². The van der Waals surface area contributed by atoms with Gasteiger partial charge in [-0.3, -0.25) is 4.79 Å². The molecule has 1 saturated heterocycles. The number of phenolic OH excluding ortho intramolecular Hbond substituents is 1. The number of amides is 1. The molecule has 4 nitrogen and oxygen atoms in total. The monoisotopic (exact) mass is 301 g/mol. The summed E-state index contributed by atoms with van der Waals surface area (Å²) in [6, 6.07) is 3.57. The number of halogens is 2. The molecule has 1 heterocycles. The molecular formula is C14H17ClFNO3. The predicted molar refractivity (Wildman–Crippen MR) is 73.7 cm³/mol. The SMILES string of the molecule is O=C(c1ccc(O)cc1F)N1CCC(OCCCl)CC1. The zero-order chi connectivity index (χ0) is 14.5. The summed E-state index contributed by atoms with van der Waals surface area (Å²) in [6.45, 7) is 1.57. The zero-order valence-corrected chi connectivity index (χ0v) is 11.8. The molecule has 1 aliphatic rings. The molecule has 0 spiro atoms. The zero-order valence-electron chi connectivity index (χ0n) is 11.0. The Balaban J connectivity index is 1.94. The lowest BCUT2D eigenvalue weighted by Crippen LogP contribution is -2.41. The van der Waals surface area contributed by atoms with Crippen molar-refractivity contribution in [3.05, 3.63) is 29.6 Å². The lowest BCUT2D eigenvalue weighted by molar-refractivity contribution is 0.0153. The maximum Gasteiger partial charge on any atom is 0.256 e. The third-order valence-electron chi connectivity index (χ3n) is 3.34. The fraction of sp³-hybridized carbons (Fsp3) is 0.500. The maximum absolute atomic E-state index is 13.7. The van der Waals surface area contributed by atoms with Gasteiger partial charge >= 0.3 is 0 Å². The van der Waals surface area contributed by atoms with E-state index in [9.17, 15) is 9.18 Å². The van der Waals surface area contributed by atoms with Crippen molar-refractivity contribution in [1.82, 2.24) is 4.90 Å². The van der Waals surface area contributed by atoms with Crippen LogP contribution in [0.25, 0.3) is 0 Å². The van der Waals surface area contributed by atoms with Crippen LogP contribution in [0.4, 0.5) is 4.39 Å². The van der Waals surface area contributed by atoms with Gasteiger partial charge in [-0.1, -0.05) is 0 Å². The highest BCUT2D eigenvalue weighted by molar-refractivity contribution is 6.17. The number of aromatic hydroxyl groups is 1. The molecule has 0 unspecified atom stereocenters. The van der Waals surface area contributed by atoms with Crippen molar-refractivity contribution in [1.29, 1.82) is 0 Å². The molecule has 110 valence electrons. The first-order valence-electron chi connectivity index (χ1n) is 6.57. The molecule has 1 aromatic rings. The Morgan fingerprint density at radius 1 is 1.45 bits per heavy atom. The standard InChI is InChI=1S/C14H17ClFNO3/c15-5-8-20-11-3-6-17(7-4-11)14(19)12-2-1-10(18)9-13(12)16/h1-2,9,11,18H,3-8H2. The number of carbonyl (C=O) groups is 1. The van der Waals surface area contributed by atoms with Crippen LogP contribution in [0.3, 0.4) is 0 Å². The van der Waals surface area contributed by atoms with Crippen LogP contribution < -0.4 is 0 Å². The molecule has 1 amide bonds. The highest BCUT2D eigenvalue weighted by Crippen LogP contribution is 2.20. The van der Waals surface area contributed by atoms with Gasteiger partial charge in [0.15, 0.2) is 0 Å². The Morgan fingerprint density at radius 3 is 2.75 bits per heavy atom. The predicted octanol–water partition coefficient (Wildman–Crippen LogP) is 2.39. The molecule has 0 bridgehead atoms. The van der Waals surface area contributed by atoms with Gasteiger partial charge in [0, 0.05) is 25.0 Å². The summed E-state index contributed by atoms with van der Waals surface area (Å²) in [7, 11) is 0. The molecule has 1 N–H and O–H groups in total. The fourth-order valence-corrected chi connectivity index (χ4v) is 2.37. The van der Waals surface area contributed by atoms with Gasteiger partial charge in [-0.25, -0.2) is 4.39 Å². The summed E-state index contributed by atoms with van der Waals surface area (Å²) >= 11 is 5.56. The van der Waals surface area contributed by atoms with Crippen molar-refractivity contribution in [2.45, 2.75) is 18.9 Å². The Kier molecular flexibility index (Phi) is 5.20. The highest BCUT2D eigenvalue weighted by atomic mass is 35.5. The van der Waals surface area contributed by atoms with E-state index in [1.807, 2.05) is 0 Å². The van der Waals surface area contributed by atoms with Gasteiger partial charge in [0.05, 0.1) is 18.3 Å². The molecular weight excluding hydrogens is 285 g/mol. The molecule has 1 aliphatic heterocycles. The van der Waals surface area contributed by atoms with Crippen molar-refractivity contribution in [3.63, 3.8) is 0 Å². The average molecular weight is 302 g/mol. The first kappa shape index (κ1) is 15.1. The minimum atomic E-state index is -0.699. The summed E-state index contributed by atoms with van der Waals surface area (Å²) in [5, 5.41) is 9.15. The van der Waals surface area contributed by atoms with Crippen LogP contribution in [0.2, 0.25) is 0 Å².